The lowest BCUT2D eigenvalue weighted by Crippen LogP contribution is -2.18. The minimum absolute atomic E-state index is 0.0569. The number of benzene rings is 2. The SMILES string of the molecule is Cc1cccc(F)c1NC1CCCc2ccc(O)cc21. The Morgan fingerprint density at radius 3 is 2.90 bits per heavy atom. The van der Waals surface area contributed by atoms with Crippen LogP contribution in [0.15, 0.2) is 36.4 Å². The minimum Gasteiger partial charge on any atom is -0.508 e. The van der Waals surface area contributed by atoms with Crippen molar-refractivity contribution in [2.24, 2.45) is 0 Å². The van der Waals surface area contributed by atoms with Crippen molar-refractivity contribution in [1.29, 1.82) is 0 Å². The highest BCUT2D eigenvalue weighted by molar-refractivity contribution is 5.54. The van der Waals surface area contributed by atoms with Crippen molar-refractivity contribution < 1.29 is 9.50 Å². The number of aryl methyl sites for hydroxylation is 2. The van der Waals surface area contributed by atoms with Gasteiger partial charge < -0.3 is 10.4 Å². The van der Waals surface area contributed by atoms with E-state index in [1.54, 1.807) is 18.2 Å². The van der Waals surface area contributed by atoms with Gasteiger partial charge in [0, 0.05) is 0 Å². The van der Waals surface area contributed by atoms with E-state index in [0.717, 1.165) is 30.4 Å². The number of rotatable bonds is 2. The molecule has 104 valence electrons. The van der Waals surface area contributed by atoms with E-state index in [1.807, 2.05) is 19.1 Å². The second-order valence-corrected chi connectivity index (χ2v) is 5.40. The largest absolute Gasteiger partial charge is 0.508 e. The van der Waals surface area contributed by atoms with Crippen molar-refractivity contribution in [2.45, 2.75) is 32.2 Å². The van der Waals surface area contributed by atoms with Crippen LogP contribution in [0.5, 0.6) is 5.75 Å². The highest BCUT2D eigenvalue weighted by Crippen LogP contribution is 2.35. The maximum Gasteiger partial charge on any atom is 0.146 e. The van der Waals surface area contributed by atoms with E-state index in [0.29, 0.717) is 5.69 Å². The Morgan fingerprint density at radius 1 is 1.25 bits per heavy atom. The first-order valence-electron chi connectivity index (χ1n) is 6.98. The Bertz CT molecular complexity index is 619. The minimum atomic E-state index is -0.225. The quantitative estimate of drug-likeness (QED) is 0.852. The van der Waals surface area contributed by atoms with Gasteiger partial charge in [-0.2, -0.15) is 0 Å². The van der Waals surface area contributed by atoms with Crippen LogP contribution < -0.4 is 5.32 Å². The molecule has 3 heteroatoms. The van der Waals surface area contributed by atoms with E-state index in [-0.39, 0.29) is 17.6 Å². The molecule has 0 spiro atoms. The average Bonchev–Trinajstić information content (AvgIpc) is 2.43. The number of fused-ring (bicyclic) bond motifs is 1. The van der Waals surface area contributed by atoms with Gasteiger partial charge in [-0.3, -0.25) is 0 Å². The number of hydrogen-bond donors (Lipinski definition) is 2. The molecule has 0 radical (unpaired) electrons. The number of halogens is 1. The smallest absolute Gasteiger partial charge is 0.146 e. The fraction of sp³-hybridized carbons (Fsp3) is 0.294. The fourth-order valence-electron chi connectivity index (χ4n) is 2.93. The lowest BCUT2D eigenvalue weighted by Gasteiger charge is -2.28. The summed E-state index contributed by atoms with van der Waals surface area (Å²) in [5, 5.41) is 13.0. The Kier molecular flexibility index (Phi) is 3.35. The van der Waals surface area contributed by atoms with Crippen LogP contribution in [-0.2, 0) is 6.42 Å². The summed E-state index contributed by atoms with van der Waals surface area (Å²) in [6, 6.07) is 10.6. The molecule has 1 atom stereocenters. The molecule has 0 saturated heterocycles. The number of phenols is 1. The summed E-state index contributed by atoms with van der Waals surface area (Å²) < 4.78 is 13.9. The Labute approximate surface area is 118 Å². The number of anilines is 1. The molecule has 1 aliphatic carbocycles. The topological polar surface area (TPSA) is 32.3 Å². The molecule has 3 rings (SSSR count). The summed E-state index contributed by atoms with van der Waals surface area (Å²) in [5.41, 5.74) is 3.78. The van der Waals surface area contributed by atoms with E-state index in [9.17, 15) is 9.50 Å². The first kappa shape index (κ1) is 13.0. The molecule has 0 saturated carbocycles. The lowest BCUT2D eigenvalue weighted by atomic mass is 9.87. The van der Waals surface area contributed by atoms with E-state index >= 15 is 0 Å². The molecule has 2 N–H and O–H groups in total. The van der Waals surface area contributed by atoms with Gasteiger partial charge in [0.05, 0.1) is 11.7 Å². The molecule has 0 amide bonds. The summed E-state index contributed by atoms with van der Waals surface area (Å²) in [6.45, 7) is 1.90. The van der Waals surface area contributed by atoms with Gasteiger partial charge in [-0.05, 0) is 61.1 Å². The van der Waals surface area contributed by atoms with Gasteiger partial charge in [0.15, 0.2) is 0 Å². The summed E-state index contributed by atoms with van der Waals surface area (Å²) in [4.78, 5) is 0. The van der Waals surface area contributed by atoms with Gasteiger partial charge in [0.2, 0.25) is 0 Å². The second kappa shape index (κ2) is 5.16. The maximum absolute atomic E-state index is 13.9. The molecule has 1 unspecified atom stereocenters. The number of hydrogen-bond acceptors (Lipinski definition) is 2. The summed E-state index contributed by atoms with van der Waals surface area (Å²) in [6.07, 6.45) is 3.04. The van der Waals surface area contributed by atoms with E-state index < -0.39 is 0 Å². The van der Waals surface area contributed by atoms with Gasteiger partial charge in [0.25, 0.3) is 0 Å². The Morgan fingerprint density at radius 2 is 2.10 bits per heavy atom. The summed E-state index contributed by atoms with van der Waals surface area (Å²) in [7, 11) is 0. The van der Waals surface area contributed by atoms with Gasteiger partial charge in [0.1, 0.15) is 11.6 Å². The van der Waals surface area contributed by atoms with Gasteiger partial charge >= 0.3 is 0 Å². The van der Waals surface area contributed by atoms with Crippen molar-refractivity contribution in [3.8, 4) is 5.75 Å². The number of phenolic OH excluding ortho intramolecular Hbond substituents is 1. The molecule has 2 aromatic rings. The lowest BCUT2D eigenvalue weighted by molar-refractivity contribution is 0.471. The third kappa shape index (κ3) is 2.36. The van der Waals surface area contributed by atoms with Crippen molar-refractivity contribution in [1.82, 2.24) is 0 Å². The highest BCUT2D eigenvalue weighted by Gasteiger charge is 2.22. The first-order valence-corrected chi connectivity index (χ1v) is 6.98. The van der Waals surface area contributed by atoms with Crippen molar-refractivity contribution in [3.63, 3.8) is 0 Å². The normalized spacial score (nSPS) is 17.6. The van der Waals surface area contributed by atoms with Crippen LogP contribution in [0.25, 0.3) is 0 Å². The second-order valence-electron chi connectivity index (χ2n) is 5.40. The summed E-state index contributed by atoms with van der Waals surface area (Å²) in [5.74, 6) is 0.0417. The van der Waals surface area contributed by atoms with Crippen LogP contribution in [0.4, 0.5) is 10.1 Å². The number of para-hydroxylation sites is 1. The zero-order chi connectivity index (χ0) is 14.1. The molecule has 0 aliphatic heterocycles. The number of nitrogens with one attached hydrogen (secondary N) is 1. The van der Waals surface area contributed by atoms with Crippen molar-refractivity contribution in [2.75, 3.05) is 5.32 Å². The number of aromatic hydroxyl groups is 1. The van der Waals surface area contributed by atoms with E-state index in [4.69, 9.17) is 0 Å². The van der Waals surface area contributed by atoms with Gasteiger partial charge in [-0.1, -0.05) is 18.2 Å². The maximum atomic E-state index is 13.9. The molecule has 20 heavy (non-hydrogen) atoms. The zero-order valence-corrected chi connectivity index (χ0v) is 11.5. The molecule has 0 aromatic heterocycles. The molecule has 1 aliphatic rings. The zero-order valence-electron chi connectivity index (χ0n) is 11.5. The molecule has 0 heterocycles. The standard InChI is InChI=1S/C17H18FNO/c1-11-4-2-6-15(18)17(11)19-16-7-3-5-12-8-9-13(20)10-14(12)16/h2,4,6,8-10,16,19-20H,3,5,7H2,1H3. The average molecular weight is 271 g/mol. The first-order chi connectivity index (χ1) is 9.65. The van der Waals surface area contributed by atoms with Crippen molar-refractivity contribution in [3.05, 3.63) is 58.9 Å². The van der Waals surface area contributed by atoms with Crippen LogP contribution in [-0.4, -0.2) is 5.11 Å². The van der Waals surface area contributed by atoms with Gasteiger partial charge in [-0.25, -0.2) is 4.39 Å². The third-order valence-electron chi connectivity index (χ3n) is 3.98. The Hall–Kier alpha value is -2.03. The van der Waals surface area contributed by atoms with E-state index in [2.05, 4.69) is 5.32 Å². The van der Waals surface area contributed by atoms with E-state index in [1.165, 1.54) is 11.6 Å². The predicted molar refractivity (Wildman–Crippen MR) is 78.5 cm³/mol. The molecule has 0 fully saturated rings. The van der Waals surface area contributed by atoms with Gasteiger partial charge in [-0.15, -0.1) is 0 Å². The van der Waals surface area contributed by atoms with Crippen LogP contribution in [0, 0.1) is 12.7 Å². The van der Waals surface area contributed by atoms with Crippen LogP contribution in [0.3, 0.4) is 0 Å². The van der Waals surface area contributed by atoms with Crippen LogP contribution in [0.1, 0.15) is 35.6 Å². The third-order valence-corrected chi connectivity index (χ3v) is 3.98. The molecular formula is C17H18FNO. The van der Waals surface area contributed by atoms with Crippen LogP contribution in [0.2, 0.25) is 0 Å². The Balaban J connectivity index is 1.95. The highest BCUT2D eigenvalue weighted by atomic mass is 19.1. The molecule has 2 nitrogen and oxygen atoms in total. The molecule has 0 bridgehead atoms. The van der Waals surface area contributed by atoms with Crippen molar-refractivity contribution >= 4 is 5.69 Å². The fourth-order valence-corrected chi connectivity index (χ4v) is 2.93. The molecular weight excluding hydrogens is 253 g/mol. The van der Waals surface area contributed by atoms with Crippen LogP contribution >= 0.6 is 0 Å². The summed E-state index contributed by atoms with van der Waals surface area (Å²) >= 11 is 0. The monoisotopic (exact) mass is 271 g/mol. The molecule has 2 aromatic carbocycles. The predicted octanol–water partition coefficient (Wildman–Crippen LogP) is 4.33.